The highest BCUT2D eigenvalue weighted by Crippen LogP contribution is 2.32. The van der Waals surface area contributed by atoms with Crippen molar-refractivity contribution < 1.29 is 14.3 Å². The van der Waals surface area contributed by atoms with E-state index in [0.717, 1.165) is 17.9 Å². The summed E-state index contributed by atoms with van der Waals surface area (Å²) in [6.45, 7) is 5.28. The number of amides is 2. The van der Waals surface area contributed by atoms with Gasteiger partial charge in [0.25, 0.3) is 0 Å². The highest BCUT2D eigenvalue weighted by Gasteiger charge is 2.39. The van der Waals surface area contributed by atoms with Crippen LogP contribution in [0.2, 0.25) is 0 Å². The first kappa shape index (κ1) is 19.5. The zero-order valence-corrected chi connectivity index (χ0v) is 15.6. The Hall–Kier alpha value is -1.79. The minimum Gasteiger partial charge on any atom is -0.496 e. The van der Waals surface area contributed by atoms with E-state index in [-0.39, 0.29) is 36.2 Å². The maximum Gasteiger partial charge on any atom is 0.228 e. The number of nitrogens with one attached hydrogen (secondary N) is 1. The van der Waals surface area contributed by atoms with E-state index in [1.807, 2.05) is 36.1 Å². The van der Waals surface area contributed by atoms with Gasteiger partial charge in [0.1, 0.15) is 5.75 Å². The van der Waals surface area contributed by atoms with Crippen LogP contribution in [0, 0.1) is 5.92 Å². The van der Waals surface area contributed by atoms with Crippen molar-refractivity contribution in [2.24, 2.45) is 5.92 Å². The van der Waals surface area contributed by atoms with Crippen LogP contribution in [0.3, 0.4) is 0 Å². The number of methoxy groups -OCH3 is 1. The van der Waals surface area contributed by atoms with Gasteiger partial charge in [-0.25, -0.2) is 0 Å². The van der Waals surface area contributed by atoms with Gasteiger partial charge in [0.2, 0.25) is 11.8 Å². The lowest BCUT2D eigenvalue weighted by molar-refractivity contribution is -0.139. The molecular weight excluding hydrogens is 342 g/mol. The molecule has 0 aromatic heterocycles. The third-order valence-electron chi connectivity index (χ3n) is 4.97. The monoisotopic (exact) mass is 367 g/mol. The molecule has 0 bridgehead atoms. The van der Waals surface area contributed by atoms with Gasteiger partial charge in [0.05, 0.1) is 19.1 Å². The largest absolute Gasteiger partial charge is 0.496 e. The maximum atomic E-state index is 13.1. The first-order valence-electron chi connectivity index (χ1n) is 8.57. The van der Waals surface area contributed by atoms with Crippen LogP contribution in [-0.4, -0.2) is 61.4 Å². The summed E-state index contributed by atoms with van der Waals surface area (Å²) in [6, 6.07) is 7.76. The molecular formula is C18H26ClN3O3. The Morgan fingerprint density at radius 1 is 1.36 bits per heavy atom. The van der Waals surface area contributed by atoms with E-state index in [2.05, 4.69) is 5.32 Å². The normalized spacial score (nSPS) is 23.4. The van der Waals surface area contributed by atoms with Gasteiger partial charge < -0.3 is 19.9 Å². The smallest absolute Gasteiger partial charge is 0.228 e. The number of piperazine rings is 1. The molecule has 2 unspecified atom stereocenters. The molecule has 138 valence electrons. The summed E-state index contributed by atoms with van der Waals surface area (Å²) in [4.78, 5) is 28.7. The average Bonchev–Trinajstić information content (AvgIpc) is 3.02. The quantitative estimate of drug-likeness (QED) is 0.875. The molecule has 1 aromatic rings. The zero-order valence-electron chi connectivity index (χ0n) is 14.7. The highest BCUT2D eigenvalue weighted by molar-refractivity contribution is 5.89. The van der Waals surface area contributed by atoms with Crippen molar-refractivity contribution in [2.75, 3.05) is 39.8 Å². The number of nitrogens with zero attached hydrogens (tertiary/aromatic N) is 2. The van der Waals surface area contributed by atoms with Crippen LogP contribution in [0.1, 0.15) is 24.9 Å². The Balaban J connectivity index is 0.00000225. The van der Waals surface area contributed by atoms with Gasteiger partial charge in [0.15, 0.2) is 0 Å². The Morgan fingerprint density at radius 3 is 2.80 bits per heavy atom. The number of ether oxygens (including phenoxy) is 1. The van der Waals surface area contributed by atoms with Gasteiger partial charge in [-0.3, -0.25) is 9.59 Å². The number of rotatable bonds is 4. The Kier molecular flexibility index (Phi) is 6.67. The highest BCUT2D eigenvalue weighted by atomic mass is 35.5. The van der Waals surface area contributed by atoms with Gasteiger partial charge >= 0.3 is 0 Å². The molecule has 1 aromatic carbocycles. The number of benzene rings is 1. The Labute approximate surface area is 154 Å². The Bertz CT molecular complexity index is 625. The molecule has 0 spiro atoms. The van der Waals surface area contributed by atoms with Crippen LogP contribution < -0.4 is 10.1 Å². The van der Waals surface area contributed by atoms with Gasteiger partial charge in [-0.05, 0) is 13.0 Å². The van der Waals surface area contributed by atoms with Crippen LogP contribution in [-0.2, 0) is 9.59 Å². The molecule has 2 fully saturated rings. The summed E-state index contributed by atoms with van der Waals surface area (Å²) >= 11 is 0. The van der Waals surface area contributed by atoms with Gasteiger partial charge in [0, 0.05) is 44.7 Å². The SMILES string of the molecule is CCN1CC(C(=O)N2CCNCC2c2ccccc2OC)CC1=O.Cl. The Morgan fingerprint density at radius 2 is 2.12 bits per heavy atom. The van der Waals surface area contributed by atoms with Crippen molar-refractivity contribution >= 4 is 24.2 Å². The van der Waals surface area contributed by atoms with E-state index in [0.29, 0.717) is 32.6 Å². The molecule has 25 heavy (non-hydrogen) atoms. The minimum absolute atomic E-state index is 0. The van der Waals surface area contributed by atoms with E-state index < -0.39 is 0 Å². The van der Waals surface area contributed by atoms with Crippen LogP contribution in [0.4, 0.5) is 0 Å². The fourth-order valence-electron chi connectivity index (χ4n) is 3.67. The van der Waals surface area contributed by atoms with E-state index in [9.17, 15) is 9.59 Å². The second-order valence-electron chi connectivity index (χ2n) is 6.33. The molecule has 2 saturated heterocycles. The first-order valence-corrected chi connectivity index (χ1v) is 8.57. The standard InChI is InChI=1S/C18H25N3O3.ClH/c1-3-20-12-13(10-17(20)22)18(23)21-9-8-19-11-15(21)14-6-4-5-7-16(14)24-2;/h4-7,13,15,19H,3,8-12H2,1-2H3;1H. The number of carbonyl (C=O) groups is 2. The van der Waals surface area contributed by atoms with E-state index >= 15 is 0 Å². The number of carbonyl (C=O) groups excluding carboxylic acids is 2. The lowest BCUT2D eigenvalue weighted by atomic mass is 9.99. The zero-order chi connectivity index (χ0) is 17.1. The minimum atomic E-state index is -0.229. The summed E-state index contributed by atoms with van der Waals surface area (Å²) in [7, 11) is 1.65. The van der Waals surface area contributed by atoms with Crippen molar-refractivity contribution in [1.82, 2.24) is 15.1 Å². The van der Waals surface area contributed by atoms with Gasteiger partial charge in [-0.1, -0.05) is 18.2 Å². The van der Waals surface area contributed by atoms with Crippen molar-refractivity contribution in [3.63, 3.8) is 0 Å². The molecule has 0 saturated carbocycles. The predicted molar refractivity (Wildman–Crippen MR) is 97.9 cm³/mol. The van der Waals surface area contributed by atoms with Crippen molar-refractivity contribution in [1.29, 1.82) is 0 Å². The van der Waals surface area contributed by atoms with Crippen LogP contribution in [0.15, 0.2) is 24.3 Å². The average molecular weight is 368 g/mol. The van der Waals surface area contributed by atoms with Gasteiger partial charge in [-0.2, -0.15) is 0 Å². The lowest BCUT2D eigenvalue weighted by Crippen LogP contribution is -2.50. The number of halogens is 1. The molecule has 2 aliphatic rings. The van der Waals surface area contributed by atoms with E-state index in [1.54, 1.807) is 12.0 Å². The van der Waals surface area contributed by atoms with Gasteiger partial charge in [-0.15, -0.1) is 12.4 Å². The van der Waals surface area contributed by atoms with E-state index in [4.69, 9.17) is 4.74 Å². The molecule has 0 aliphatic carbocycles. The summed E-state index contributed by atoms with van der Waals surface area (Å²) in [6.07, 6.45) is 0.329. The topological polar surface area (TPSA) is 61.9 Å². The summed E-state index contributed by atoms with van der Waals surface area (Å²) in [5.41, 5.74) is 1.01. The van der Waals surface area contributed by atoms with Crippen molar-refractivity contribution in [3.8, 4) is 5.75 Å². The molecule has 1 N–H and O–H groups in total. The molecule has 0 radical (unpaired) electrons. The number of likely N-dealkylation sites (tertiary alicyclic amines) is 1. The fraction of sp³-hybridized carbons (Fsp3) is 0.556. The summed E-state index contributed by atoms with van der Waals surface area (Å²) < 4.78 is 5.48. The number of hydrogen-bond donors (Lipinski definition) is 1. The lowest BCUT2D eigenvalue weighted by Gasteiger charge is -2.38. The number of para-hydroxylation sites is 1. The molecule has 7 heteroatoms. The maximum absolute atomic E-state index is 13.1. The second kappa shape index (κ2) is 8.54. The molecule has 3 rings (SSSR count). The molecule has 2 aliphatic heterocycles. The molecule has 2 heterocycles. The molecule has 2 amide bonds. The van der Waals surface area contributed by atoms with E-state index in [1.165, 1.54) is 0 Å². The number of hydrogen-bond acceptors (Lipinski definition) is 4. The van der Waals surface area contributed by atoms with Crippen molar-refractivity contribution in [2.45, 2.75) is 19.4 Å². The van der Waals surface area contributed by atoms with Crippen LogP contribution in [0.25, 0.3) is 0 Å². The first-order chi connectivity index (χ1) is 11.7. The molecule has 6 nitrogen and oxygen atoms in total. The van der Waals surface area contributed by atoms with Crippen LogP contribution in [0.5, 0.6) is 5.75 Å². The fourth-order valence-corrected chi connectivity index (χ4v) is 3.67. The summed E-state index contributed by atoms with van der Waals surface area (Å²) in [5, 5.41) is 3.36. The second-order valence-corrected chi connectivity index (χ2v) is 6.33. The third kappa shape index (κ3) is 3.90. The summed E-state index contributed by atoms with van der Waals surface area (Å²) in [5.74, 6) is 0.728. The van der Waals surface area contributed by atoms with Crippen LogP contribution >= 0.6 is 12.4 Å². The molecule has 2 atom stereocenters. The van der Waals surface area contributed by atoms with Crippen molar-refractivity contribution in [3.05, 3.63) is 29.8 Å². The third-order valence-corrected chi connectivity index (χ3v) is 4.97. The predicted octanol–water partition coefficient (Wildman–Crippen LogP) is 1.46.